The third-order valence-corrected chi connectivity index (χ3v) is 8.05. The normalized spacial score (nSPS) is 15.9. The minimum absolute atomic E-state index is 0.0969. The second kappa shape index (κ2) is 9.90. The number of carbonyl (C=O) groups is 2. The number of benzene rings is 3. The second-order valence-corrected chi connectivity index (χ2v) is 11.1. The maximum atomic E-state index is 12.8. The number of hydrogen-bond acceptors (Lipinski definition) is 5. The van der Waals surface area contributed by atoms with Gasteiger partial charge in [-0.05, 0) is 41.5 Å². The molecule has 3 aromatic carbocycles. The van der Waals surface area contributed by atoms with Gasteiger partial charge in [-0.15, -0.1) is 11.8 Å². The van der Waals surface area contributed by atoms with Crippen LogP contribution in [0.5, 0.6) is 0 Å². The molecule has 1 N–H and O–H groups in total. The van der Waals surface area contributed by atoms with Gasteiger partial charge < -0.3 is 10.2 Å². The molecular weight excluding hydrogens is 470 g/mol. The zero-order valence-corrected chi connectivity index (χ0v) is 20.5. The van der Waals surface area contributed by atoms with Gasteiger partial charge in [0.1, 0.15) is 5.37 Å². The van der Waals surface area contributed by atoms with E-state index in [9.17, 15) is 18.0 Å². The van der Waals surface area contributed by atoms with Crippen LogP contribution in [0.4, 0.5) is 11.4 Å². The molecule has 176 valence electrons. The molecule has 34 heavy (non-hydrogen) atoms. The maximum absolute atomic E-state index is 12.8. The Balaban J connectivity index is 1.46. The Bertz CT molecular complexity index is 1300. The van der Waals surface area contributed by atoms with E-state index in [1.54, 1.807) is 48.2 Å². The third-order valence-electron chi connectivity index (χ3n) is 5.59. The highest BCUT2D eigenvalue weighted by molar-refractivity contribution is 8.00. The molecule has 1 atom stereocenters. The summed E-state index contributed by atoms with van der Waals surface area (Å²) in [6.07, 6.45) is 1.12. The molecule has 0 saturated carbocycles. The number of anilines is 2. The predicted octanol–water partition coefficient (Wildman–Crippen LogP) is 4.11. The number of carbonyl (C=O) groups excluding carboxylic acids is 2. The Morgan fingerprint density at radius 2 is 1.76 bits per heavy atom. The molecule has 4 rings (SSSR count). The van der Waals surface area contributed by atoms with Gasteiger partial charge >= 0.3 is 0 Å². The van der Waals surface area contributed by atoms with E-state index in [1.807, 2.05) is 47.4 Å². The van der Waals surface area contributed by atoms with Gasteiger partial charge in [0, 0.05) is 24.8 Å². The first-order valence-corrected chi connectivity index (χ1v) is 13.5. The molecule has 9 heteroatoms. The van der Waals surface area contributed by atoms with Gasteiger partial charge in [0.2, 0.25) is 15.9 Å². The minimum Gasteiger partial charge on any atom is -0.322 e. The first-order chi connectivity index (χ1) is 16.2. The average Bonchev–Trinajstić information content (AvgIpc) is 3.19. The zero-order valence-electron chi connectivity index (χ0n) is 18.8. The molecule has 2 amide bonds. The molecule has 1 fully saturated rings. The van der Waals surface area contributed by atoms with Crippen molar-refractivity contribution in [2.24, 2.45) is 0 Å². The molecule has 0 bridgehead atoms. The first kappa shape index (κ1) is 23.8. The van der Waals surface area contributed by atoms with Gasteiger partial charge in [-0.3, -0.25) is 13.9 Å². The molecule has 1 heterocycles. The van der Waals surface area contributed by atoms with Crippen molar-refractivity contribution in [1.29, 1.82) is 0 Å². The molecule has 0 unspecified atom stereocenters. The van der Waals surface area contributed by atoms with Gasteiger partial charge in [-0.1, -0.05) is 48.5 Å². The number of rotatable bonds is 7. The van der Waals surface area contributed by atoms with Gasteiger partial charge in [0.15, 0.2) is 0 Å². The van der Waals surface area contributed by atoms with Gasteiger partial charge in [-0.2, -0.15) is 0 Å². The summed E-state index contributed by atoms with van der Waals surface area (Å²) in [6, 6.07) is 23.7. The van der Waals surface area contributed by atoms with Crippen molar-refractivity contribution in [3.05, 3.63) is 95.6 Å². The summed E-state index contributed by atoms with van der Waals surface area (Å²) in [5.74, 6) is 0.222. The van der Waals surface area contributed by atoms with Gasteiger partial charge in [-0.25, -0.2) is 8.42 Å². The largest absolute Gasteiger partial charge is 0.322 e. The molecule has 0 radical (unpaired) electrons. The van der Waals surface area contributed by atoms with Crippen molar-refractivity contribution < 1.29 is 18.0 Å². The van der Waals surface area contributed by atoms with Crippen LogP contribution in [-0.2, 0) is 21.4 Å². The summed E-state index contributed by atoms with van der Waals surface area (Å²) >= 11 is 1.58. The monoisotopic (exact) mass is 495 g/mol. The Hall–Kier alpha value is -3.30. The lowest BCUT2D eigenvalue weighted by molar-refractivity contribution is -0.128. The number of thioether (sulfide) groups is 1. The molecule has 1 saturated heterocycles. The number of nitrogens with one attached hydrogen (secondary N) is 1. The van der Waals surface area contributed by atoms with Gasteiger partial charge in [0.25, 0.3) is 5.91 Å². The van der Waals surface area contributed by atoms with Crippen molar-refractivity contribution in [2.45, 2.75) is 11.9 Å². The Labute approximate surface area is 203 Å². The molecule has 0 spiro atoms. The van der Waals surface area contributed by atoms with Gasteiger partial charge in [0.05, 0.1) is 17.7 Å². The van der Waals surface area contributed by atoms with Crippen LogP contribution in [0.15, 0.2) is 78.9 Å². The quantitative estimate of drug-likeness (QED) is 0.533. The lowest BCUT2D eigenvalue weighted by atomic mass is 10.1. The highest BCUT2D eigenvalue weighted by atomic mass is 32.2. The number of amides is 2. The summed E-state index contributed by atoms with van der Waals surface area (Å²) in [6.45, 7) is 0.540. The van der Waals surface area contributed by atoms with E-state index in [4.69, 9.17) is 0 Å². The lowest BCUT2D eigenvalue weighted by Crippen LogP contribution is -2.27. The van der Waals surface area contributed by atoms with E-state index in [2.05, 4.69) is 5.32 Å². The van der Waals surface area contributed by atoms with E-state index in [-0.39, 0.29) is 17.2 Å². The third kappa shape index (κ3) is 5.43. The number of hydrogen-bond donors (Lipinski definition) is 1. The highest BCUT2D eigenvalue weighted by Crippen LogP contribution is 2.39. The van der Waals surface area contributed by atoms with E-state index in [1.165, 1.54) is 7.05 Å². The van der Waals surface area contributed by atoms with Crippen molar-refractivity contribution in [3.8, 4) is 0 Å². The topological polar surface area (TPSA) is 86.8 Å². The van der Waals surface area contributed by atoms with Crippen molar-refractivity contribution in [2.75, 3.05) is 28.7 Å². The Morgan fingerprint density at radius 1 is 1.06 bits per heavy atom. The van der Waals surface area contributed by atoms with E-state index >= 15 is 0 Å². The summed E-state index contributed by atoms with van der Waals surface area (Å²) in [5, 5.41) is 2.71. The fourth-order valence-electron chi connectivity index (χ4n) is 3.65. The zero-order chi connectivity index (χ0) is 24.3. The standard InChI is InChI=1S/C25H25N3O4S2/c1-27(34(2,31)32)22-10-6-9-21(15-22)26-24(30)19-11-13-20(14-12-19)25-28(23(29)17-33-25)16-18-7-4-3-5-8-18/h3-15,25H,16-17H2,1-2H3,(H,26,30)/t25-/m1/s1. The van der Waals surface area contributed by atoms with Crippen molar-refractivity contribution in [3.63, 3.8) is 0 Å². The van der Waals surface area contributed by atoms with Crippen LogP contribution < -0.4 is 9.62 Å². The Kier molecular flexibility index (Phi) is 6.95. The second-order valence-electron chi connectivity index (χ2n) is 8.03. The predicted molar refractivity (Wildman–Crippen MR) is 136 cm³/mol. The van der Waals surface area contributed by atoms with Crippen LogP contribution in [0.3, 0.4) is 0 Å². The van der Waals surface area contributed by atoms with E-state index < -0.39 is 10.0 Å². The summed E-state index contributed by atoms with van der Waals surface area (Å²) in [5.41, 5.74) is 3.45. The smallest absolute Gasteiger partial charge is 0.255 e. The molecule has 3 aromatic rings. The Morgan fingerprint density at radius 3 is 2.44 bits per heavy atom. The summed E-state index contributed by atoms with van der Waals surface area (Å²) in [4.78, 5) is 27.1. The SMILES string of the molecule is CN(c1cccc(NC(=O)c2ccc([C@H]3SCC(=O)N3Cc3ccccc3)cc2)c1)S(C)(=O)=O. The van der Waals surface area contributed by atoms with Crippen LogP contribution >= 0.6 is 11.8 Å². The number of nitrogens with zero attached hydrogens (tertiary/aromatic N) is 2. The van der Waals surface area contributed by atoms with E-state index in [0.717, 1.165) is 21.7 Å². The van der Waals surface area contributed by atoms with Crippen LogP contribution in [0, 0.1) is 0 Å². The maximum Gasteiger partial charge on any atom is 0.255 e. The molecule has 0 aromatic heterocycles. The molecule has 7 nitrogen and oxygen atoms in total. The molecular formula is C25H25N3O4S2. The number of sulfonamides is 1. The molecule has 1 aliphatic rings. The highest BCUT2D eigenvalue weighted by Gasteiger charge is 2.32. The summed E-state index contributed by atoms with van der Waals surface area (Å²) in [7, 11) is -1.94. The van der Waals surface area contributed by atoms with E-state index in [0.29, 0.717) is 29.2 Å². The van der Waals surface area contributed by atoms with Crippen molar-refractivity contribution in [1.82, 2.24) is 4.90 Å². The van der Waals surface area contributed by atoms with Crippen LogP contribution in [0.25, 0.3) is 0 Å². The van der Waals surface area contributed by atoms with Crippen LogP contribution in [0.2, 0.25) is 0 Å². The minimum atomic E-state index is -3.40. The van der Waals surface area contributed by atoms with Crippen LogP contribution in [-0.4, -0.2) is 44.2 Å². The molecule has 1 aliphatic heterocycles. The average molecular weight is 496 g/mol. The molecule has 0 aliphatic carbocycles. The first-order valence-electron chi connectivity index (χ1n) is 10.6. The van der Waals surface area contributed by atoms with Crippen LogP contribution in [0.1, 0.15) is 26.9 Å². The fourth-order valence-corrected chi connectivity index (χ4v) is 5.34. The van der Waals surface area contributed by atoms with Crippen molar-refractivity contribution >= 4 is 45.0 Å². The summed E-state index contributed by atoms with van der Waals surface area (Å²) < 4.78 is 24.7. The fraction of sp³-hybridized carbons (Fsp3) is 0.200. The lowest BCUT2D eigenvalue weighted by Gasteiger charge is -2.24.